The third-order valence-electron chi connectivity index (χ3n) is 2.50. The van der Waals surface area contributed by atoms with Crippen LogP contribution in [0.3, 0.4) is 0 Å². The lowest BCUT2D eigenvalue weighted by Crippen LogP contribution is -1.81. The van der Waals surface area contributed by atoms with Crippen LogP contribution in [0.2, 0.25) is 5.02 Å². The Labute approximate surface area is 118 Å². The molecule has 1 aromatic carbocycles. The van der Waals surface area contributed by atoms with Gasteiger partial charge < -0.3 is 5.73 Å². The number of benzene rings is 1. The number of rotatable bonds is 2. The van der Waals surface area contributed by atoms with Crippen LogP contribution in [0.5, 0.6) is 0 Å². The molecule has 0 radical (unpaired) electrons. The molecule has 2 nitrogen and oxygen atoms in total. The van der Waals surface area contributed by atoms with E-state index in [-0.39, 0.29) is 0 Å². The predicted molar refractivity (Wildman–Crippen MR) is 80.3 cm³/mol. The predicted octanol–water partition coefficient (Wildman–Crippen LogP) is 4.77. The topological polar surface area (TPSA) is 38.9 Å². The smallest absolute Gasteiger partial charge is 0.181 e. The van der Waals surface area contributed by atoms with Crippen LogP contribution in [0.4, 0.5) is 5.13 Å². The van der Waals surface area contributed by atoms with Gasteiger partial charge in [0.05, 0.1) is 9.75 Å². The maximum atomic E-state index is 5.91. The van der Waals surface area contributed by atoms with Gasteiger partial charge in [-0.05, 0) is 29.1 Å². The van der Waals surface area contributed by atoms with E-state index in [4.69, 9.17) is 17.3 Å². The molecule has 0 fully saturated rings. The summed E-state index contributed by atoms with van der Waals surface area (Å²) >= 11 is 9.07. The number of aromatic nitrogens is 1. The van der Waals surface area contributed by atoms with Gasteiger partial charge in [0.25, 0.3) is 0 Å². The summed E-state index contributed by atoms with van der Waals surface area (Å²) in [6, 6.07) is 11.8. The summed E-state index contributed by atoms with van der Waals surface area (Å²) in [5.41, 5.74) is 7.89. The zero-order valence-corrected chi connectivity index (χ0v) is 11.6. The highest BCUT2D eigenvalue weighted by molar-refractivity contribution is 7.20. The largest absolute Gasteiger partial charge is 0.375 e. The molecule has 0 aliphatic rings. The van der Waals surface area contributed by atoms with Crippen molar-refractivity contribution in [2.45, 2.75) is 0 Å². The highest BCUT2D eigenvalue weighted by Crippen LogP contribution is 2.39. The monoisotopic (exact) mass is 292 g/mol. The molecule has 90 valence electrons. The summed E-state index contributed by atoms with van der Waals surface area (Å²) in [6.07, 6.45) is 0. The standard InChI is InChI=1S/C13H9ClN2S2/c14-9-5-3-8(4-6-9)12-11(16-13(15)18-12)10-2-1-7-17-10/h1-7H,(H2,15,16). The van der Waals surface area contributed by atoms with Gasteiger partial charge in [-0.3, -0.25) is 0 Å². The van der Waals surface area contributed by atoms with E-state index in [0.717, 1.165) is 26.0 Å². The van der Waals surface area contributed by atoms with Crippen LogP contribution in [0.15, 0.2) is 41.8 Å². The van der Waals surface area contributed by atoms with Gasteiger partial charge in [-0.2, -0.15) is 0 Å². The summed E-state index contributed by atoms with van der Waals surface area (Å²) in [5.74, 6) is 0. The van der Waals surface area contributed by atoms with Crippen molar-refractivity contribution in [2.75, 3.05) is 5.73 Å². The third kappa shape index (κ3) is 2.14. The fourth-order valence-electron chi connectivity index (χ4n) is 1.71. The van der Waals surface area contributed by atoms with Gasteiger partial charge in [-0.1, -0.05) is 41.1 Å². The molecule has 0 atom stereocenters. The molecule has 0 saturated heterocycles. The molecule has 0 bridgehead atoms. The summed E-state index contributed by atoms with van der Waals surface area (Å²) in [5, 5.41) is 3.36. The van der Waals surface area contributed by atoms with Crippen molar-refractivity contribution >= 4 is 39.4 Å². The van der Waals surface area contributed by atoms with E-state index in [2.05, 4.69) is 11.1 Å². The number of thiophene rings is 1. The summed E-state index contributed by atoms with van der Waals surface area (Å²) in [6.45, 7) is 0. The number of thiazole rings is 1. The van der Waals surface area contributed by atoms with E-state index in [0.29, 0.717) is 5.13 Å². The fourth-order valence-corrected chi connectivity index (χ4v) is 3.48. The van der Waals surface area contributed by atoms with Crippen LogP contribution >= 0.6 is 34.3 Å². The second kappa shape index (κ2) is 4.72. The van der Waals surface area contributed by atoms with Crippen molar-refractivity contribution in [3.05, 3.63) is 46.8 Å². The van der Waals surface area contributed by atoms with Crippen molar-refractivity contribution in [1.82, 2.24) is 4.98 Å². The molecule has 3 rings (SSSR count). The number of anilines is 1. The highest BCUT2D eigenvalue weighted by Gasteiger charge is 2.14. The second-order valence-electron chi connectivity index (χ2n) is 3.71. The first kappa shape index (κ1) is 11.7. The minimum atomic E-state index is 0.586. The van der Waals surface area contributed by atoms with Gasteiger partial charge in [0.1, 0.15) is 5.69 Å². The quantitative estimate of drug-likeness (QED) is 0.738. The summed E-state index contributed by atoms with van der Waals surface area (Å²) < 4.78 is 0. The first-order valence-electron chi connectivity index (χ1n) is 5.30. The summed E-state index contributed by atoms with van der Waals surface area (Å²) in [7, 11) is 0. The molecule has 2 N–H and O–H groups in total. The molecule has 2 heterocycles. The number of hydrogen-bond donors (Lipinski definition) is 1. The Morgan fingerprint density at radius 2 is 1.89 bits per heavy atom. The fraction of sp³-hybridized carbons (Fsp3) is 0. The maximum absolute atomic E-state index is 5.91. The zero-order valence-electron chi connectivity index (χ0n) is 9.26. The van der Waals surface area contributed by atoms with Crippen molar-refractivity contribution in [1.29, 1.82) is 0 Å². The highest BCUT2D eigenvalue weighted by atomic mass is 35.5. The van der Waals surface area contributed by atoms with Crippen LogP contribution in [-0.4, -0.2) is 4.98 Å². The average Bonchev–Trinajstić information content (AvgIpc) is 2.98. The van der Waals surface area contributed by atoms with E-state index in [1.807, 2.05) is 35.7 Å². The number of nitrogens with two attached hydrogens (primary N) is 1. The van der Waals surface area contributed by atoms with E-state index < -0.39 is 0 Å². The van der Waals surface area contributed by atoms with Crippen molar-refractivity contribution in [3.8, 4) is 21.0 Å². The van der Waals surface area contributed by atoms with Gasteiger partial charge in [0.15, 0.2) is 5.13 Å². The number of nitrogen functional groups attached to an aromatic ring is 1. The first-order valence-corrected chi connectivity index (χ1v) is 7.37. The van der Waals surface area contributed by atoms with E-state index >= 15 is 0 Å². The SMILES string of the molecule is Nc1nc(-c2cccs2)c(-c2ccc(Cl)cc2)s1. The molecular weight excluding hydrogens is 284 g/mol. The lowest BCUT2D eigenvalue weighted by molar-refractivity contribution is 1.43. The molecule has 0 unspecified atom stereocenters. The zero-order chi connectivity index (χ0) is 12.5. The van der Waals surface area contributed by atoms with Gasteiger partial charge in [0, 0.05) is 5.02 Å². The van der Waals surface area contributed by atoms with Crippen molar-refractivity contribution in [3.63, 3.8) is 0 Å². The van der Waals surface area contributed by atoms with Gasteiger partial charge in [-0.15, -0.1) is 11.3 Å². The Morgan fingerprint density at radius 3 is 2.56 bits per heavy atom. The molecule has 0 spiro atoms. The average molecular weight is 293 g/mol. The van der Waals surface area contributed by atoms with Crippen LogP contribution in [-0.2, 0) is 0 Å². The van der Waals surface area contributed by atoms with Crippen LogP contribution in [0.25, 0.3) is 21.0 Å². The number of hydrogen-bond acceptors (Lipinski definition) is 4. The molecular formula is C13H9ClN2S2. The minimum Gasteiger partial charge on any atom is -0.375 e. The van der Waals surface area contributed by atoms with Crippen LogP contribution in [0, 0.1) is 0 Å². The van der Waals surface area contributed by atoms with Gasteiger partial charge in [0.2, 0.25) is 0 Å². The molecule has 3 aromatic rings. The number of nitrogens with zero attached hydrogens (tertiary/aromatic N) is 1. The van der Waals surface area contributed by atoms with E-state index in [9.17, 15) is 0 Å². The maximum Gasteiger partial charge on any atom is 0.181 e. The van der Waals surface area contributed by atoms with Crippen LogP contribution in [0.1, 0.15) is 0 Å². The Hall–Kier alpha value is -1.36. The Balaban J connectivity index is 2.15. The first-order chi connectivity index (χ1) is 8.74. The minimum absolute atomic E-state index is 0.586. The molecule has 0 aliphatic heterocycles. The Morgan fingerprint density at radius 1 is 1.11 bits per heavy atom. The Bertz CT molecular complexity index is 657. The molecule has 2 aromatic heterocycles. The van der Waals surface area contributed by atoms with Gasteiger partial charge in [-0.25, -0.2) is 4.98 Å². The molecule has 18 heavy (non-hydrogen) atoms. The molecule has 5 heteroatoms. The second-order valence-corrected chi connectivity index (χ2v) is 6.13. The number of halogens is 1. The van der Waals surface area contributed by atoms with E-state index in [1.165, 1.54) is 11.3 Å². The summed E-state index contributed by atoms with van der Waals surface area (Å²) in [4.78, 5) is 6.65. The van der Waals surface area contributed by atoms with E-state index in [1.54, 1.807) is 11.3 Å². The lowest BCUT2D eigenvalue weighted by Gasteiger charge is -2.00. The van der Waals surface area contributed by atoms with Crippen molar-refractivity contribution in [2.24, 2.45) is 0 Å². The Kier molecular flexibility index (Phi) is 3.07. The molecule has 0 aliphatic carbocycles. The van der Waals surface area contributed by atoms with Crippen molar-refractivity contribution < 1.29 is 0 Å². The molecule has 0 saturated carbocycles. The third-order valence-corrected chi connectivity index (χ3v) is 4.57. The molecule has 0 amide bonds. The normalized spacial score (nSPS) is 10.7. The van der Waals surface area contributed by atoms with Gasteiger partial charge >= 0.3 is 0 Å². The lowest BCUT2D eigenvalue weighted by atomic mass is 10.1. The van der Waals surface area contributed by atoms with Crippen LogP contribution < -0.4 is 5.73 Å².